The molecular weight excluding hydrogens is 154 g/mol. The third-order valence-corrected chi connectivity index (χ3v) is 3.31. The van der Waals surface area contributed by atoms with Crippen LogP contribution < -0.4 is 5.32 Å². The van der Waals surface area contributed by atoms with Gasteiger partial charge in [0.25, 0.3) is 0 Å². The summed E-state index contributed by atoms with van der Waals surface area (Å²) in [6, 6.07) is 0. The summed E-state index contributed by atoms with van der Waals surface area (Å²) in [6.07, 6.45) is 5.18. The molecule has 1 saturated carbocycles. The minimum absolute atomic E-state index is 0.0347. The number of allylic oxidation sites excluding steroid dienone is 2. The summed E-state index contributed by atoms with van der Waals surface area (Å²) in [5.74, 6) is 0.501. The van der Waals surface area contributed by atoms with E-state index in [0.29, 0.717) is 11.8 Å². The highest BCUT2D eigenvalue weighted by Crippen LogP contribution is 2.50. The van der Waals surface area contributed by atoms with E-state index in [-0.39, 0.29) is 23.7 Å². The van der Waals surface area contributed by atoms with Crippen molar-refractivity contribution >= 4 is 11.8 Å². The Kier molecular flexibility index (Phi) is 0.953. The third-order valence-electron chi connectivity index (χ3n) is 3.31. The molecule has 2 bridgehead atoms. The van der Waals surface area contributed by atoms with Gasteiger partial charge in [0.1, 0.15) is 0 Å². The molecule has 62 valence electrons. The highest BCUT2D eigenvalue weighted by atomic mass is 16.2. The molecule has 0 aromatic carbocycles. The van der Waals surface area contributed by atoms with E-state index >= 15 is 0 Å². The zero-order chi connectivity index (χ0) is 8.29. The smallest absolute Gasteiger partial charge is 0.231 e. The number of hydrogen-bond donors (Lipinski definition) is 1. The molecular formula is C9H9NO2. The van der Waals surface area contributed by atoms with E-state index in [0.717, 1.165) is 6.42 Å². The predicted octanol–water partition coefficient (Wildman–Crippen LogP) is 0.0811. The number of carbonyl (C=O) groups excluding carboxylic acids is 2. The van der Waals surface area contributed by atoms with Crippen molar-refractivity contribution in [1.82, 2.24) is 5.32 Å². The van der Waals surface area contributed by atoms with Crippen LogP contribution in [0.3, 0.4) is 0 Å². The monoisotopic (exact) mass is 163 g/mol. The number of fused-ring (bicyclic) bond motifs is 5. The van der Waals surface area contributed by atoms with E-state index in [1.807, 2.05) is 0 Å². The number of carbonyl (C=O) groups is 2. The van der Waals surface area contributed by atoms with E-state index in [1.165, 1.54) is 0 Å². The largest absolute Gasteiger partial charge is 0.296 e. The number of hydrogen-bond acceptors (Lipinski definition) is 2. The molecule has 2 amide bonds. The van der Waals surface area contributed by atoms with Crippen LogP contribution >= 0.6 is 0 Å². The van der Waals surface area contributed by atoms with Crippen LogP contribution in [-0.4, -0.2) is 11.8 Å². The van der Waals surface area contributed by atoms with Gasteiger partial charge in [0.15, 0.2) is 0 Å². The van der Waals surface area contributed by atoms with Crippen LogP contribution in [0.4, 0.5) is 0 Å². The van der Waals surface area contributed by atoms with Crippen LogP contribution in [0.15, 0.2) is 12.2 Å². The van der Waals surface area contributed by atoms with Crippen molar-refractivity contribution in [2.45, 2.75) is 6.42 Å². The summed E-state index contributed by atoms with van der Waals surface area (Å²) in [4.78, 5) is 22.6. The lowest BCUT2D eigenvalue weighted by Gasteiger charge is -2.14. The Balaban J connectivity index is 2.08. The SMILES string of the molecule is O=C1NC(=O)C2C1[C@@H]1C=C[C@H]2C1. The fraction of sp³-hybridized carbons (Fsp3) is 0.556. The highest BCUT2D eigenvalue weighted by molar-refractivity contribution is 6.06. The van der Waals surface area contributed by atoms with Crippen molar-refractivity contribution in [3.05, 3.63) is 12.2 Å². The van der Waals surface area contributed by atoms with Gasteiger partial charge >= 0.3 is 0 Å². The maximum absolute atomic E-state index is 11.3. The summed E-state index contributed by atoms with van der Waals surface area (Å²) in [6.45, 7) is 0. The fourth-order valence-electron chi connectivity index (χ4n) is 2.83. The first-order valence-electron chi connectivity index (χ1n) is 4.30. The van der Waals surface area contributed by atoms with E-state index < -0.39 is 0 Å². The van der Waals surface area contributed by atoms with Gasteiger partial charge in [-0.2, -0.15) is 0 Å². The molecule has 3 aliphatic rings. The fourth-order valence-corrected chi connectivity index (χ4v) is 2.83. The molecule has 1 N–H and O–H groups in total. The third kappa shape index (κ3) is 0.543. The van der Waals surface area contributed by atoms with Crippen molar-refractivity contribution in [2.24, 2.45) is 23.7 Å². The maximum Gasteiger partial charge on any atom is 0.231 e. The van der Waals surface area contributed by atoms with E-state index in [1.54, 1.807) is 0 Å². The van der Waals surface area contributed by atoms with Crippen molar-refractivity contribution in [3.63, 3.8) is 0 Å². The molecule has 0 spiro atoms. The summed E-state index contributed by atoms with van der Waals surface area (Å²) < 4.78 is 0. The molecule has 1 saturated heterocycles. The molecule has 0 aromatic heterocycles. The number of imide groups is 1. The van der Waals surface area contributed by atoms with E-state index in [4.69, 9.17) is 0 Å². The predicted molar refractivity (Wildman–Crippen MR) is 40.9 cm³/mol. The summed E-state index contributed by atoms with van der Waals surface area (Å²) in [5, 5.41) is 2.40. The second kappa shape index (κ2) is 1.79. The lowest BCUT2D eigenvalue weighted by molar-refractivity contribution is -0.126. The quantitative estimate of drug-likeness (QED) is 0.406. The van der Waals surface area contributed by atoms with Gasteiger partial charge in [-0.15, -0.1) is 0 Å². The Morgan fingerprint density at radius 1 is 1.08 bits per heavy atom. The first-order valence-corrected chi connectivity index (χ1v) is 4.30. The van der Waals surface area contributed by atoms with Crippen LogP contribution in [0.1, 0.15) is 6.42 Å². The Bertz CT molecular complexity index is 280. The average molecular weight is 163 g/mol. The van der Waals surface area contributed by atoms with Gasteiger partial charge in [-0.25, -0.2) is 0 Å². The Labute approximate surface area is 69.8 Å². The van der Waals surface area contributed by atoms with Gasteiger partial charge in [0.05, 0.1) is 11.8 Å². The van der Waals surface area contributed by atoms with Crippen molar-refractivity contribution in [1.29, 1.82) is 0 Å². The lowest BCUT2D eigenvalue weighted by atomic mass is 9.85. The number of amides is 2. The van der Waals surface area contributed by atoms with Gasteiger partial charge in [-0.05, 0) is 18.3 Å². The zero-order valence-corrected chi connectivity index (χ0v) is 6.49. The maximum atomic E-state index is 11.3. The van der Waals surface area contributed by atoms with Gasteiger partial charge in [0, 0.05) is 0 Å². The second-order valence-corrected chi connectivity index (χ2v) is 3.85. The second-order valence-electron chi connectivity index (χ2n) is 3.85. The molecule has 2 fully saturated rings. The number of nitrogens with one attached hydrogen (secondary N) is 1. The average Bonchev–Trinajstić information content (AvgIpc) is 2.64. The molecule has 3 rings (SSSR count). The van der Waals surface area contributed by atoms with Crippen molar-refractivity contribution in [3.8, 4) is 0 Å². The minimum Gasteiger partial charge on any atom is -0.296 e. The van der Waals surface area contributed by atoms with Crippen LogP contribution in [0.5, 0.6) is 0 Å². The molecule has 12 heavy (non-hydrogen) atoms. The number of rotatable bonds is 0. The normalized spacial score (nSPS) is 48.3. The minimum atomic E-state index is -0.0538. The Morgan fingerprint density at radius 2 is 1.58 bits per heavy atom. The van der Waals surface area contributed by atoms with Crippen molar-refractivity contribution < 1.29 is 9.59 Å². The van der Waals surface area contributed by atoms with Crippen molar-refractivity contribution in [2.75, 3.05) is 0 Å². The molecule has 3 nitrogen and oxygen atoms in total. The van der Waals surface area contributed by atoms with Crippen LogP contribution in [0.25, 0.3) is 0 Å². The molecule has 3 heteroatoms. The summed E-state index contributed by atoms with van der Waals surface area (Å²) in [5.41, 5.74) is 0. The van der Waals surface area contributed by atoms with E-state index in [2.05, 4.69) is 17.5 Å². The first-order chi connectivity index (χ1) is 5.77. The van der Waals surface area contributed by atoms with Crippen LogP contribution in [0.2, 0.25) is 0 Å². The Hall–Kier alpha value is -1.12. The molecule has 4 atom stereocenters. The topological polar surface area (TPSA) is 46.2 Å². The van der Waals surface area contributed by atoms with Gasteiger partial charge in [-0.1, -0.05) is 12.2 Å². The van der Waals surface area contributed by atoms with Gasteiger partial charge in [-0.3, -0.25) is 14.9 Å². The van der Waals surface area contributed by atoms with Gasteiger partial charge in [0.2, 0.25) is 11.8 Å². The zero-order valence-electron chi connectivity index (χ0n) is 6.49. The lowest BCUT2D eigenvalue weighted by Crippen LogP contribution is -2.25. The van der Waals surface area contributed by atoms with E-state index in [9.17, 15) is 9.59 Å². The molecule has 0 radical (unpaired) electrons. The molecule has 0 aromatic rings. The van der Waals surface area contributed by atoms with Crippen LogP contribution in [-0.2, 0) is 9.59 Å². The molecule has 2 aliphatic carbocycles. The summed E-state index contributed by atoms with van der Waals surface area (Å²) in [7, 11) is 0. The van der Waals surface area contributed by atoms with Crippen LogP contribution in [0, 0.1) is 23.7 Å². The summed E-state index contributed by atoms with van der Waals surface area (Å²) >= 11 is 0. The molecule has 2 unspecified atom stereocenters. The Morgan fingerprint density at radius 3 is 2.08 bits per heavy atom. The molecule has 1 aliphatic heterocycles. The van der Waals surface area contributed by atoms with Gasteiger partial charge < -0.3 is 0 Å². The highest BCUT2D eigenvalue weighted by Gasteiger charge is 2.55. The standard InChI is InChI=1S/C9H9NO2/c11-8-6-4-1-2-5(3-4)7(6)9(12)10-8/h1-2,4-7H,3H2,(H,10,11,12)/t4-,5+,6?,7?. The molecule has 1 heterocycles. The first kappa shape index (κ1) is 6.40.